The monoisotopic (exact) mass is 246 g/mol. The molecule has 0 aliphatic rings. The van der Waals surface area contributed by atoms with Crippen LogP contribution in [0, 0.1) is 0 Å². The zero-order valence-corrected chi connectivity index (χ0v) is 10.2. The molecular weight excluding hydrogens is 232 g/mol. The molecule has 0 saturated heterocycles. The Morgan fingerprint density at radius 1 is 1.50 bits per heavy atom. The standard InChI is InChI=1S/C12H14N4O2/c1-8(17)9-3-5-14-11(7-9)16-6-4-10(15-16)12(18)13-2/h3-8,17H,1-2H3,(H,13,18)/t8-/m0/s1. The second kappa shape index (κ2) is 4.97. The number of aliphatic hydroxyl groups is 1. The maximum absolute atomic E-state index is 11.4. The molecular formula is C12H14N4O2. The van der Waals surface area contributed by atoms with Crippen LogP contribution in [0.3, 0.4) is 0 Å². The highest BCUT2D eigenvalue weighted by atomic mass is 16.3. The molecule has 0 aliphatic carbocycles. The Hall–Kier alpha value is -2.21. The lowest BCUT2D eigenvalue weighted by atomic mass is 10.2. The topological polar surface area (TPSA) is 80.0 Å². The van der Waals surface area contributed by atoms with Gasteiger partial charge in [-0.05, 0) is 30.7 Å². The van der Waals surface area contributed by atoms with Crippen molar-refractivity contribution in [3.05, 3.63) is 41.9 Å². The number of hydrogen-bond donors (Lipinski definition) is 2. The maximum Gasteiger partial charge on any atom is 0.271 e. The number of carbonyl (C=O) groups is 1. The van der Waals surface area contributed by atoms with Crippen molar-refractivity contribution in [1.82, 2.24) is 20.1 Å². The molecule has 0 aromatic carbocycles. The highest BCUT2D eigenvalue weighted by Gasteiger charge is 2.09. The zero-order valence-electron chi connectivity index (χ0n) is 10.2. The van der Waals surface area contributed by atoms with Crippen molar-refractivity contribution in [3.8, 4) is 5.82 Å². The van der Waals surface area contributed by atoms with Crippen LogP contribution in [0.5, 0.6) is 0 Å². The lowest BCUT2D eigenvalue weighted by molar-refractivity contribution is 0.0957. The molecule has 6 heteroatoms. The van der Waals surface area contributed by atoms with Crippen LogP contribution in [0.1, 0.15) is 29.1 Å². The lowest BCUT2D eigenvalue weighted by Crippen LogP contribution is -2.18. The third-order valence-electron chi connectivity index (χ3n) is 2.54. The first-order chi connectivity index (χ1) is 8.61. The van der Waals surface area contributed by atoms with Gasteiger partial charge in [-0.25, -0.2) is 9.67 Å². The summed E-state index contributed by atoms with van der Waals surface area (Å²) in [6.07, 6.45) is 2.68. The normalized spacial score (nSPS) is 12.2. The number of carbonyl (C=O) groups excluding carboxylic acids is 1. The first-order valence-corrected chi connectivity index (χ1v) is 5.54. The van der Waals surface area contributed by atoms with Crippen LogP contribution < -0.4 is 5.32 Å². The molecule has 2 rings (SSSR count). The van der Waals surface area contributed by atoms with Gasteiger partial charge in [-0.3, -0.25) is 4.79 Å². The molecule has 0 bridgehead atoms. The van der Waals surface area contributed by atoms with Crippen LogP contribution in [0.15, 0.2) is 30.6 Å². The van der Waals surface area contributed by atoms with Crippen molar-refractivity contribution in [1.29, 1.82) is 0 Å². The number of hydrogen-bond acceptors (Lipinski definition) is 4. The fourth-order valence-corrected chi connectivity index (χ4v) is 1.52. The number of pyridine rings is 1. The van der Waals surface area contributed by atoms with Crippen molar-refractivity contribution in [2.24, 2.45) is 0 Å². The molecule has 18 heavy (non-hydrogen) atoms. The predicted octanol–water partition coefficient (Wildman–Crippen LogP) is 0.680. The van der Waals surface area contributed by atoms with E-state index in [1.54, 1.807) is 44.6 Å². The van der Waals surface area contributed by atoms with Gasteiger partial charge < -0.3 is 10.4 Å². The first-order valence-electron chi connectivity index (χ1n) is 5.54. The summed E-state index contributed by atoms with van der Waals surface area (Å²) in [4.78, 5) is 15.5. The number of rotatable bonds is 3. The molecule has 2 aromatic rings. The van der Waals surface area contributed by atoms with Crippen molar-refractivity contribution in [2.75, 3.05) is 7.05 Å². The van der Waals surface area contributed by atoms with Gasteiger partial charge in [-0.2, -0.15) is 5.10 Å². The summed E-state index contributed by atoms with van der Waals surface area (Å²) in [5.41, 5.74) is 1.07. The largest absolute Gasteiger partial charge is 0.389 e. The van der Waals surface area contributed by atoms with Gasteiger partial charge in [0.05, 0.1) is 6.10 Å². The summed E-state index contributed by atoms with van der Waals surface area (Å²) in [7, 11) is 1.55. The van der Waals surface area contributed by atoms with E-state index in [1.165, 1.54) is 4.68 Å². The van der Waals surface area contributed by atoms with E-state index in [9.17, 15) is 9.90 Å². The maximum atomic E-state index is 11.4. The van der Waals surface area contributed by atoms with E-state index in [0.29, 0.717) is 11.5 Å². The lowest BCUT2D eigenvalue weighted by Gasteiger charge is -2.06. The van der Waals surface area contributed by atoms with Crippen LogP contribution >= 0.6 is 0 Å². The molecule has 0 aliphatic heterocycles. The highest BCUT2D eigenvalue weighted by Crippen LogP contribution is 2.14. The van der Waals surface area contributed by atoms with E-state index < -0.39 is 6.10 Å². The first kappa shape index (κ1) is 12.3. The Labute approximate surface area is 104 Å². The minimum atomic E-state index is -0.569. The number of nitrogens with zero attached hydrogens (tertiary/aromatic N) is 3. The molecule has 1 atom stereocenters. The van der Waals surface area contributed by atoms with Crippen LogP contribution in [0.4, 0.5) is 0 Å². The molecule has 0 saturated carbocycles. The summed E-state index contributed by atoms with van der Waals surface area (Å²) in [6, 6.07) is 5.07. The third kappa shape index (κ3) is 2.38. The second-order valence-electron chi connectivity index (χ2n) is 3.85. The van der Waals surface area contributed by atoms with Crippen LogP contribution in [0.2, 0.25) is 0 Å². The van der Waals surface area contributed by atoms with Crippen molar-refractivity contribution in [2.45, 2.75) is 13.0 Å². The second-order valence-corrected chi connectivity index (χ2v) is 3.85. The van der Waals surface area contributed by atoms with Crippen molar-refractivity contribution in [3.63, 3.8) is 0 Å². The molecule has 0 fully saturated rings. The highest BCUT2D eigenvalue weighted by molar-refractivity contribution is 5.91. The van der Waals surface area contributed by atoms with Gasteiger partial charge in [0.1, 0.15) is 0 Å². The Bertz CT molecular complexity index is 563. The van der Waals surface area contributed by atoms with E-state index in [-0.39, 0.29) is 5.91 Å². The van der Waals surface area contributed by atoms with Crippen molar-refractivity contribution < 1.29 is 9.90 Å². The smallest absolute Gasteiger partial charge is 0.271 e. The summed E-state index contributed by atoms with van der Waals surface area (Å²) in [5.74, 6) is 0.309. The number of aromatic nitrogens is 3. The van der Waals surface area contributed by atoms with Gasteiger partial charge in [0.15, 0.2) is 11.5 Å². The van der Waals surface area contributed by atoms with Gasteiger partial charge in [-0.1, -0.05) is 0 Å². The Balaban J connectivity index is 2.34. The van der Waals surface area contributed by atoms with E-state index in [0.717, 1.165) is 5.56 Å². The Morgan fingerprint density at radius 2 is 2.28 bits per heavy atom. The summed E-state index contributed by atoms with van der Waals surface area (Å²) >= 11 is 0. The summed E-state index contributed by atoms with van der Waals surface area (Å²) in [5, 5.41) is 16.1. The molecule has 94 valence electrons. The molecule has 0 unspecified atom stereocenters. The van der Waals surface area contributed by atoms with Crippen LogP contribution in [-0.2, 0) is 0 Å². The van der Waals surface area contributed by atoms with Gasteiger partial charge in [0.25, 0.3) is 5.91 Å². The van der Waals surface area contributed by atoms with Gasteiger partial charge >= 0.3 is 0 Å². The Morgan fingerprint density at radius 3 is 2.94 bits per heavy atom. The third-order valence-corrected chi connectivity index (χ3v) is 2.54. The fraction of sp³-hybridized carbons (Fsp3) is 0.250. The predicted molar refractivity (Wildman–Crippen MR) is 65.4 cm³/mol. The average Bonchev–Trinajstić information content (AvgIpc) is 2.87. The van der Waals surface area contributed by atoms with Gasteiger partial charge in [0.2, 0.25) is 0 Å². The number of nitrogens with one attached hydrogen (secondary N) is 1. The zero-order chi connectivity index (χ0) is 13.1. The quantitative estimate of drug-likeness (QED) is 0.834. The SMILES string of the molecule is CNC(=O)c1ccn(-c2cc([C@H](C)O)ccn2)n1. The van der Waals surface area contributed by atoms with E-state index in [1.807, 2.05) is 0 Å². The molecule has 0 spiro atoms. The Kier molecular flexibility index (Phi) is 3.38. The van der Waals surface area contributed by atoms with E-state index >= 15 is 0 Å². The minimum Gasteiger partial charge on any atom is -0.389 e. The van der Waals surface area contributed by atoms with Gasteiger partial charge in [0, 0.05) is 19.4 Å². The average molecular weight is 246 g/mol. The van der Waals surface area contributed by atoms with E-state index in [4.69, 9.17) is 0 Å². The summed E-state index contributed by atoms with van der Waals surface area (Å²) < 4.78 is 1.50. The summed E-state index contributed by atoms with van der Waals surface area (Å²) in [6.45, 7) is 1.68. The molecule has 0 radical (unpaired) electrons. The van der Waals surface area contributed by atoms with Crippen molar-refractivity contribution >= 4 is 5.91 Å². The minimum absolute atomic E-state index is 0.250. The molecule has 2 heterocycles. The fourth-order valence-electron chi connectivity index (χ4n) is 1.52. The molecule has 6 nitrogen and oxygen atoms in total. The number of amides is 1. The molecule has 1 amide bonds. The number of aliphatic hydroxyl groups excluding tert-OH is 1. The van der Waals surface area contributed by atoms with Crippen LogP contribution in [0.25, 0.3) is 5.82 Å². The molecule has 2 N–H and O–H groups in total. The van der Waals surface area contributed by atoms with E-state index in [2.05, 4.69) is 15.4 Å². The van der Waals surface area contributed by atoms with Crippen LogP contribution in [-0.4, -0.2) is 32.8 Å². The van der Waals surface area contributed by atoms with Gasteiger partial charge in [-0.15, -0.1) is 0 Å². The molecule has 2 aromatic heterocycles.